The third-order valence-electron chi connectivity index (χ3n) is 2.78. The van der Waals surface area contributed by atoms with E-state index in [1.165, 1.54) is 11.3 Å². The van der Waals surface area contributed by atoms with Gasteiger partial charge < -0.3 is 10.5 Å². The molecule has 0 unspecified atom stereocenters. The highest BCUT2D eigenvalue weighted by atomic mass is 32.1. The number of carbonyl (C=O) groups is 1. The predicted octanol–water partition coefficient (Wildman–Crippen LogP) is 4.26. The van der Waals surface area contributed by atoms with Crippen molar-refractivity contribution in [1.29, 1.82) is 0 Å². The number of hydrogen-bond acceptors (Lipinski definition) is 4. The molecule has 20 heavy (non-hydrogen) atoms. The summed E-state index contributed by atoms with van der Waals surface area (Å²) in [5, 5.41) is 0.510. The molecule has 0 atom stereocenters. The van der Waals surface area contributed by atoms with Gasteiger partial charge in [0.25, 0.3) is 0 Å². The molecule has 0 aliphatic carbocycles. The first kappa shape index (κ1) is 14.6. The maximum absolute atomic E-state index is 12.4. The Labute approximate surface area is 123 Å². The summed E-state index contributed by atoms with van der Waals surface area (Å²) >= 11 is 1.42. The number of thiophene rings is 1. The van der Waals surface area contributed by atoms with Crippen LogP contribution in [0.3, 0.4) is 0 Å². The van der Waals surface area contributed by atoms with Gasteiger partial charge in [0.05, 0.1) is 0 Å². The van der Waals surface area contributed by atoms with Crippen molar-refractivity contribution in [2.45, 2.75) is 33.3 Å². The zero-order valence-corrected chi connectivity index (χ0v) is 13.0. The molecule has 0 fully saturated rings. The van der Waals surface area contributed by atoms with Crippen molar-refractivity contribution in [3.8, 4) is 11.1 Å². The van der Waals surface area contributed by atoms with Crippen molar-refractivity contribution in [2.24, 2.45) is 0 Å². The average molecular weight is 289 g/mol. The quantitative estimate of drug-likeness (QED) is 0.840. The zero-order valence-electron chi connectivity index (χ0n) is 12.2. The first-order valence-electron chi connectivity index (χ1n) is 6.47. The van der Waals surface area contributed by atoms with Gasteiger partial charge in [0.2, 0.25) is 0 Å². The summed E-state index contributed by atoms with van der Waals surface area (Å²) in [6.45, 7) is 7.52. The smallest absolute Gasteiger partial charge is 0.342 e. The number of nitrogen functional groups attached to an aromatic ring is 1. The van der Waals surface area contributed by atoms with E-state index in [0.29, 0.717) is 10.6 Å². The second-order valence-electron chi connectivity index (χ2n) is 5.64. The van der Waals surface area contributed by atoms with Crippen molar-refractivity contribution in [2.75, 3.05) is 5.73 Å². The molecule has 3 nitrogen and oxygen atoms in total. The van der Waals surface area contributed by atoms with Gasteiger partial charge >= 0.3 is 5.97 Å². The van der Waals surface area contributed by atoms with Crippen LogP contribution < -0.4 is 5.73 Å². The highest BCUT2D eigenvalue weighted by molar-refractivity contribution is 7.16. The SMILES string of the molecule is Cc1sc(N)c(C(=O)OC(C)(C)C)c1-c1ccccc1. The molecule has 0 aliphatic rings. The Morgan fingerprint density at radius 2 is 1.80 bits per heavy atom. The van der Waals surface area contributed by atoms with Gasteiger partial charge in [-0.05, 0) is 33.3 Å². The lowest BCUT2D eigenvalue weighted by atomic mass is 10.0. The van der Waals surface area contributed by atoms with E-state index >= 15 is 0 Å². The first-order chi connectivity index (χ1) is 9.29. The van der Waals surface area contributed by atoms with Crippen LogP contribution in [-0.4, -0.2) is 11.6 Å². The summed E-state index contributed by atoms with van der Waals surface area (Å²) in [6, 6.07) is 9.79. The Kier molecular flexibility index (Phi) is 3.86. The summed E-state index contributed by atoms with van der Waals surface area (Å²) in [7, 11) is 0. The van der Waals surface area contributed by atoms with Gasteiger partial charge in [-0.1, -0.05) is 30.3 Å². The van der Waals surface area contributed by atoms with Gasteiger partial charge in [0, 0.05) is 10.4 Å². The number of aryl methyl sites for hydroxylation is 1. The van der Waals surface area contributed by atoms with Gasteiger partial charge in [-0.3, -0.25) is 0 Å². The lowest BCUT2D eigenvalue weighted by molar-refractivity contribution is 0.00721. The third kappa shape index (κ3) is 3.02. The first-order valence-corrected chi connectivity index (χ1v) is 7.29. The van der Waals surface area contributed by atoms with E-state index < -0.39 is 5.60 Å². The van der Waals surface area contributed by atoms with Crippen LogP contribution in [0.15, 0.2) is 30.3 Å². The molecule has 1 aromatic heterocycles. The highest BCUT2D eigenvalue weighted by Gasteiger charge is 2.26. The monoisotopic (exact) mass is 289 g/mol. The molecule has 2 aromatic rings. The number of benzene rings is 1. The van der Waals surface area contributed by atoms with E-state index in [1.807, 2.05) is 58.0 Å². The maximum Gasteiger partial charge on any atom is 0.342 e. The summed E-state index contributed by atoms with van der Waals surface area (Å²) in [6.07, 6.45) is 0. The van der Waals surface area contributed by atoms with Crippen LogP contribution in [0.1, 0.15) is 36.0 Å². The Hall–Kier alpha value is -1.81. The third-order valence-corrected chi connectivity index (χ3v) is 3.71. The molecule has 0 amide bonds. The zero-order chi connectivity index (χ0) is 14.9. The number of esters is 1. The largest absolute Gasteiger partial charge is 0.456 e. The maximum atomic E-state index is 12.4. The topological polar surface area (TPSA) is 52.3 Å². The van der Waals surface area contributed by atoms with Gasteiger partial charge in [-0.2, -0.15) is 0 Å². The number of ether oxygens (including phenoxy) is 1. The van der Waals surface area contributed by atoms with E-state index in [4.69, 9.17) is 10.5 Å². The van der Waals surface area contributed by atoms with Crippen molar-refractivity contribution >= 4 is 22.3 Å². The van der Waals surface area contributed by atoms with Gasteiger partial charge in [0.1, 0.15) is 16.2 Å². The Balaban J connectivity index is 2.52. The van der Waals surface area contributed by atoms with Crippen LogP contribution >= 0.6 is 11.3 Å². The van der Waals surface area contributed by atoms with E-state index in [0.717, 1.165) is 16.0 Å². The van der Waals surface area contributed by atoms with E-state index in [-0.39, 0.29) is 5.97 Å². The molecule has 106 valence electrons. The molecule has 4 heteroatoms. The highest BCUT2D eigenvalue weighted by Crippen LogP contribution is 2.38. The van der Waals surface area contributed by atoms with E-state index in [1.54, 1.807) is 0 Å². The summed E-state index contributed by atoms with van der Waals surface area (Å²) < 4.78 is 5.47. The summed E-state index contributed by atoms with van der Waals surface area (Å²) in [5.74, 6) is -0.363. The Morgan fingerprint density at radius 1 is 1.20 bits per heavy atom. The van der Waals surface area contributed by atoms with Crippen LogP contribution in [0.25, 0.3) is 11.1 Å². The number of rotatable bonds is 2. The molecular formula is C16H19NO2S. The summed E-state index contributed by atoms with van der Waals surface area (Å²) in [5.41, 5.74) is 7.82. The van der Waals surface area contributed by atoms with Crippen molar-refractivity contribution in [3.63, 3.8) is 0 Å². The Morgan fingerprint density at radius 3 is 2.35 bits per heavy atom. The molecule has 0 spiro atoms. The van der Waals surface area contributed by atoms with Crippen LogP contribution in [0, 0.1) is 6.92 Å². The predicted molar refractivity (Wildman–Crippen MR) is 84.1 cm³/mol. The van der Waals surface area contributed by atoms with Gasteiger partial charge in [0.15, 0.2) is 0 Å². The average Bonchev–Trinajstić information content (AvgIpc) is 2.63. The van der Waals surface area contributed by atoms with Crippen LogP contribution in [0.2, 0.25) is 0 Å². The minimum Gasteiger partial charge on any atom is -0.456 e. The standard InChI is InChI=1S/C16H19NO2S/c1-10-12(11-8-6-5-7-9-11)13(14(17)20-10)15(18)19-16(2,3)4/h5-9H,17H2,1-4H3. The van der Waals surface area contributed by atoms with Crippen LogP contribution in [-0.2, 0) is 4.74 Å². The molecule has 0 radical (unpaired) electrons. The fraction of sp³-hybridized carbons (Fsp3) is 0.312. The van der Waals surface area contributed by atoms with Gasteiger partial charge in [-0.25, -0.2) is 4.79 Å². The molecule has 2 rings (SSSR count). The molecule has 1 aromatic carbocycles. The fourth-order valence-electron chi connectivity index (χ4n) is 2.05. The Bertz CT molecular complexity index is 624. The minimum atomic E-state index is -0.534. The lowest BCUT2D eigenvalue weighted by Gasteiger charge is -2.20. The second kappa shape index (κ2) is 5.29. The molecule has 1 heterocycles. The van der Waals surface area contributed by atoms with Crippen molar-refractivity contribution in [1.82, 2.24) is 0 Å². The van der Waals surface area contributed by atoms with E-state index in [2.05, 4.69) is 0 Å². The number of hydrogen-bond donors (Lipinski definition) is 1. The molecule has 2 N–H and O–H groups in total. The van der Waals surface area contributed by atoms with Crippen molar-refractivity contribution < 1.29 is 9.53 Å². The van der Waals surface area contributed by atoms with Crippen LogP contribution in [0.4, 0.5) is 5.00 Å². The molecule has 0 aliphatic heterocycles. The molecule has 0 saturated heterocycles. The number of nitrogens with two attached hydrogens (primary N) is 1. The van der Waals surface area contributed by atoms with Crippen LogP contribution in [0.5, 0.6) is 0 Å². The second-order valence-corrected chi connectivity index (χ2v) is 6.90. The lowest BCUT2D eigenvalue weighted by Crippen LogP contribution is -2.24. The normalized spacial score (nSPS) is 11.4. The minimum absolute atomic E-state index is 0.363. The number of anilines is 1. The van der Waals surface area contributed by atoms with E-state index in [9.17, 15) is 4.79 Å². The fourth-order valence-corrected chi connectivity index (χ4v) is 2.99. The summed E-state index contributed by atoms with van der Waals surface area (Å²) in [4.78, 5) is 13.4. The number of carbonyl (C=O) groups excluding carboxylic acids is 1. The molecular weight excluding hydrogens is 270 g/mol. The molecule has 0 bridgehead atoms. The van der Waals surface area contributed by atoms with Gasteiger partial charge in [-0.15, -0.1) is 11.3 Å². The molecule has 0 saturated carbocycles. The van der Waals surface area contributed by atoms with Crippen molar-refractivity contribution in [3.05, 3.63) is 40.8 Å².